The summed E-state index contributed by atoms with van der Waals surface area (Å²) < 4.78 is 1.65. The zero-order chi connectivity index (χ0) is 24.4. The van der Waals surface area contributed by atoms with Crippen LogP contribution in [0.4, 0.5) is 5.82 Å². The lowest BCUT2D eigenvalue weighted by Crippen LogP contribution is -2.58. The molecule has 0 aliphatic carbocycles. The summed E-state index contributed by atoms with van der Waals surface area (Å²) in [6, 6.07) is 23.1. The molecule has 2 amide bonds. The molecule has 1 saturated heterocycles. The summed E-state index contributed by atoms with van der Waals surface area (Å²) in [4.78, 5) is 27.1. The summed E-state index contributed by atoms with van der Waals surface area (Å²) in [5.74, 6) is 0.0108. The number of nitrogens with zero attached hydrogens (tertiary/aromatic N) is 2. The Bertz CT molecular complexity index is 1330. The van der Waals surface area contributed by atoms with Gasteiger partial charge in [0.15, 0.2) is 6.29 Å². The molecule has 2 aromatic carbocycles. The van der Waals surface area contributed by atoms with Crippen LogP contribution in [0.25, 0.3) is 10.6 Å². The average Bonchev–Trinajstić information content (AvgIpc) is 3.52. The Balaban J connectivity index is 1.41. The number of aryl methyl sites for hydroxylation is 1. The maximum Gasteiger partial charge on any atom is 0.256 e. The van der Waals surface area contributed by atoms with E-state index in [0.29, 0.717) is 17.8 Å². The molecular formula is C27H27N5O2S. The van der Waals surface area contributed by atoms with E-state index in [1.54, 1.807) is 22.1 Å². The van der Waals surface area contributed by atoms with Gasteiger partial charge in [0, 0.05) is 17.7 Å². The van der Waals surface area contributed by atoms with Crippen LogP contribution < -0.4 is 16.0 Å². The van der Waals surface area contributed by atoms with E-state index in [4.69, 9.17) is 5.10 Å². The van der Waals surface area contributed by atoms with Gasteiger partial charge in [0.1, 0.15) is 11.5 Å². The van der Waals surface area contributed by atoms with Gasteiger partial charge in [0.2, 0.25) is 5.91 Å². The quantitative estimate of drug-likeness (QED) is 0.373. The van der Waals surface area contributed by atoms with Gasteiger partial charge in [-0.25, -0.2) is 4.68 Å². The van der Waals surface area contributed by atoms with Crippen LogP contribution in [0.5, 0.6) is 0 Å². The zero-order valence-corrected chi connectivity index (χ0v) is 20.4. The number of carbonyl (C=O) groups excluding carboxylic acids is 2. The molecule has 0 radical (unpaired) electrons. The Morgan fingerprint density at radius 1 is 1.09 bits per heavy atom. The van der Waals surface area contributed by atoms with Crippen LogP contribution in [0.3, 0.4) is 0 Å². The van der Waals surface area contributed by atoms with Crippen LogP contribution in [-0.2, 0) is 11.2 Å². The van der Waals surface area contributed by atoms with Crippen molar-refractivity contribution in [3.8, 4) is 10.6 Å². The fourth-order valence-corrected chi connectivity index (χ4v) is 5.03. The molecule has 3 unspecified atom stereocenters. The van der Waals surface area contributed by atoms with Crippen molar-refractivity contribution in [1.82, 2.24) is 20.4 Å². The third-order valence-corrected chi connectivity index (χ3v) is 7.11. The summed E-state index contributed by atoms with van der Waals surface area (Å²) in [6.07, 6.45) is 0.0513. The summed E-state index contributed by atoms with van der Waals surface area (Å²) in [6.45, 7) is 3.96. The molecule has 178 valence electrons. The fourth-order valence-electron chi connectivity index (χ4n) is 4.35. The molecule has 0 bridgehead atoms. The van der Waals surface area contributed by atoms with E-state index >= 15 is 0 Å². The van der Waals surface area contributed by atoms with Gasteiger partial charge in [-0.3, -0.25) is 14.9 Å². The van der Waals surface area contributed by atoms with Gasteiger partial charge in [0.05, 0.1) is 10.8 Å². The second-order valence-corrected chi connectivity index (χ2v) is 9.77. The lowest BCUT2D eigenvalue weighted by atomic mass is 9.91. The monoisotopic (exact) mass is 485 g/mol. The first-order chi connectivity index (χ1) is 17.0. The van der Waals surface area contributed by atoms with Gasteiger partial charge in [0.25, 0.3) is 5.91 Å². The van der Waals surface area contributed by atoms with E-state index in [1.165, 1.54) is 0 Å². The van der Waals surface area contributed by atoms with Crippen molar-refractivity contribution in [1.29, 1.82) is 0 Å². The van der Waals surface area contributed by atoms with E-state index in [9.17, 15) is 9.59 Å². The second kappa shape index (κ2) is 9.85. The standard InChI is InChI=1S/C27H27N5O2S/c1-17-8-6-11-20(14-17)25(33)29-24-16-22(23-12-7-13-35-23)31-32(24)27-28-18(2)21(26(34)30-27)15-19-9-4-3-5-10-19/h3-14,16,18,21,27-28H,15H2,1-2H3,(H,29,33)(H,30,34). The predicted molar refractivity (Wildman–Crippen MR) is 138 cm³/mol. The Morgan fingerprint density at radius 2 is 1.91 bits per heavy atom. The molecule has 7 nitrogen and oxygen atoms in total. The number of amides is 2. The zero-order valence-electron chi connectivity index (χ0n) is 19.6. The van der Waals surface area contributed by atoms with Gasteiger partial charge in [-0.05, 0) is 49.4 Å². The first kappa shape index (κ1) is 23.0. The Labute approximate surface area is 208 Å². The number of aromatic nitrogens is 2. The third kappa shape index (κ3) is 5.03. The first-order valence-electron chi connectivity index (χ1n) is 11.6. The summed E-state index contributed by atoms with van der Waals surface area (Å²) in [5.41, 5.74) is 3.41. The highest BCUT2D eigenvalue weighted by atomic mass is 32.1. The molecule has 2 aromatic heterocycles. The maximum absolute atomic E-state index is 13.1. The molecule has 8 heteroatoms. The van der Waals surface area contributed by atoms with Gasteiger partial charge in [-0.1, -0.05) is 54.1 Å². The number of nitrogens with one attached hydrogen (secondary N) is 3. The van der Waals surface area contributed by atoms with Crippen LogP contribution in [0, 0.1) is 12.8 Å². The van der Waals surface area contributed by atoms with Crippen LogP contribution >= 0.6 is 11.3 Å². The number of hydrogen-bond donors (Lipinski definition) is 3. The van der Waals surface area contributed by atoms with Crippen molar-refractivity contribution in [2.24, 2.45) is 5.92 Å². The number of anilines is 1. The predicted octanol–water partition coefficient (Wildman–Crippen LogP) is 4.60. The van der Waals surface area contributed by atoms with Gasteiger partial charge >= 0.3 is 0 Å². The highest BCUT2D eigenvalue weighted by Gasteiger charge is 2.35. The van der Waals surface area contributed by atoms with E-state index in [2.05, 4.69) is 16.0 Å². The molecule has 3 atom stereocenters. The van der Waals surface area contributed by atoms with Crippen molar-refractivity contribution in [3.05, 3.63) is 94.9 Å². The SMILES string of the molecule is Cc1cccc(C(=O)Nc2cc(-c3cccs3)nn2C2NC(=O)C(Cc3ccccc3)C(C)N2)c1. The Hall–Kier alpha value is -3.75. The Morgan fingerprint density at radius 3 is 2.63 bits per heavy atom. The molecule has 3 heterocycles. The number of benzene rings is 2. The number of hydrogen-bond acceptors (Lipinski definition) is 5. The second-order valence-electron chi connectivity index (χ2n) is 8.82. The number of rotatable bonds is 6. The normalized spacial score (nSPS) is 19.8. The number of carbonyl (C=O) groups is 2. The van der Waals surface area contributed by atoms with Crippen molar-refractivity contribution in [3.63, 3.8) is 0 Å². The molecule has 5 rings (SSSR count). The lowest BCUT2D eigenvalue weighted by molar-refractivity contribution is -0.130. The van der Waals surface area contributed by atoms with Crippen LogP contribution in [-0.4, -0.2) is 27.6 Å². The topological polar surface area (TPSA) is 88.1 Å². The molecule has 1 aliphatic heterocycles. The fraction of sp³-hybridized carbons (Fsp3) is 0.222. The van der Waals surface area contributed by atoms with Crippen molar-refractivity contribution in [2.75, 3.05) is 5.32 Å². The molecule has 0 spiro atoms. The first-order valence-corrected chi connectivity index (χ1v) is 12.5. The maximum atomic E-state index is 13.1. The third-order valence-electron chi connectivity index (χ3n) is 6.21. The smallest absolute Gasteiger partial charge is 0.256 e. The number of thiophene rings is 1. The minimum atomic E-state index is -0.592. The van der Waals surface area contributed by atoms with E-state index < -0.39 is 6.29 Å². The van der Waals surface area contributed by atoms with E-state index in [1.807, 2.05) is 86.0 Å². The highest BCUT2D eigenvalue weighted by molar-refractivity contribution is 7.13. The van der Waals surface area contributed by atoms with Crippen LogP contribution in [0.1, 0.15) is 34.7 Å². The van der Waals surface area contributed by atoms with Gasteiger partial charge in [-0.2, -0.15) is 5.10 Å². The highest BCUT2D eigenvalue weighted by Crippen LogP contribution is 2.29. The van der Waals surface area contributed by atoms with Crippen molar-refractivity contribution < 1.29 is 9.59 Å². The molecule has 3 N–H and O–H groups in total. The lowest BCUT2D eigenvalue weighted by Gasteiger charge is -2.36. The molecule has 0 saturated carbocycles. The van der Waals surface area contributed by atoms with Crippen molar-refractivity contribution in [2.45, 2.75) is 32.6 Å². The summed E-state index contributed by atoms with van der Waals surface area (Å²) in [5, 5.41) is 16.3. The minimum Gasteiger partial charge on any atom is -0.322 e. The minimum absolute atomic E-state index is 0.0470. The average molecular weight is 486 g/mol. The van der Waals surface area contributed by atoms with Crippen LogP contribution in [0.15, 0.2) is 78.2 Å². The van der Waals surface area contributed by atoms with Gasteiger partial charge < -0.3 is 10.6 Å². The van der Waals surface area contributed by atoms with Gasteiger partial charge in [-0.15, -0.1) is 11.3 Å². The summed E-state index contributed by atoms with van der Waals surface area (Å²) >= 11 is 1.57. The van der Waals surface area contributed by atoms with E-state index in [-0.39, 0.29) is 23.8 Å². The molecule has 4 aromatic rings. The van der Waals surface area contributed by atoms with Crippen molar-refractivity contribution >= 4 is 29.0 Å². The molecular weight excluding hydrogens is 458 g/mol. The molecule has 1 fully saturated rings. The molecule has 35 heavy (non-hydrogen) atoms. The van der Waals surface area contributed by atoms with Crippen LogP contribution in [0.2, 0.25) is 0 Å². The van der Waals surface area contributed by atoms with E-state index in [0.717, 1.165) is 21.7 Å². The largest absolute Gasteiger partial charge is 0.322 e. The summed E-state index contributed by atoms with van der Waals surface area (Å²) in [7, 11) is 0. The molecule has 1 aliphatic rings. The Kier molecular flexibility index (Phi) is 6.48.